The fraction of sp³-hybridized carbons (Fsp3) is 0.0952. The highest BCUT2D eigenvalue weighted by Crippen LogP contribution is 2.42. The zero-order valence-electron chi connectivity index (χ0n) is 14.7. The van der Waals surface area contributed by atoms with Crippen LogP contribution in [0.2, 0.25) is 0 Å². The average molecular weight is 392 g/mol. The molecule has 3 heterocycles. The molecule has 0 fully saturated rings. The first-order valence-corrected chi connectivity index (χ1v) is 9.49. The molecule has 5 nitrogen and oxygen atoms in total. The summed E-state index contributed by atoms with van der Waals surface area (Å²) in [4.78, 5) is 32.1. The summed E-state index contributed by atoms with van der Waals surface area (Å²) in [5.74, 6) is -1.07. The molecule has 28 heavy (non-hydrogen) atoms. The molecule has 0 spiro atoms. The van der Waals surface area contributed by atoms with Crippen LogP contribution < -0.4 is 10.3 Å². The average Bonchev–Trinajstić information content (AvgIpc) is 3.30. The van der Waals surface area contributed by atoms with Gasteiger partial charge >= 0.3 is 0 Å². The van der Waals surface area contributed by atoms with E-state index in [2.05, 4.69) is 4.98 Å². The van der Waals surface area contributed by atoms with E-state index in [1.807, 2.05) is 13.0 Å². The lowest BCUT2D eigenvalue weighted by atomic mass is 9.98. The molecule has 1 atom stereocenters. The lowest BCUT2D eigenvalue weighted by Gasteiger charge is -2.22. The SMILES string of the molecule is Cc1ccc2oc3c(c(=O)c2c1)[C@H](c1ccccc1F)N(c1nccs1)C3=O. The Morgan fingerprint density at radius 3 is 2.75 bits per heavy atom. The van der Waals surface area contributed by atoms with Crippen LogP contribution in [0.4, 0.5) is 9.52 Å². The third-order valence-corrected chi connectivity index (χ3v) is 5.62. The summed E-state index contributed by atoms with van der Waals surface area (Å²) >= 11 is 1.24. The minimum atomic E-state index is -0.934. The fourth-order valence-corrected chi connectivity index (χ4v) is 4.28. The first kappa shape index (κ1) is 16.8. The minimum Gasteiger partial charge on any atom is -0.450 e. The van der Waals surface area contributed by atoms with E-state index in [0.29, 0.717) is 16.1 Å². The molecule has 1 aliphatic rings. The Kier molecular flexibility index (Phi) is 3.67. The van der Waals surface area contributed by atoms with Crippen molar-refractivity contribution in [3.8, 4) is 0 Å². The molecule has 0 N–H and O–H groups in total. The standard InChI is InChI=1S/C21H13FN2O3S/c1-11-6-7-15-13(10-11)18(25)16-17(12-4-2-3-5-14(12)22)24(20(26)19(16)27-15)21-23-8-9-28-21/h2-10,17H,1H3/t17-/m0/s1. The Bertz CT molecular complexity index is 1300. The lowest BCUT2D eigenvalue weighted by Crippen LogP contribution is -2.29. The second-order valence-corrected chi connectivity index (χ2v) is 7.46. The second-order valence-electron chi connectivity index (χ2n) is 6.59. The maximum absolute atomic E-state index is 14.7. The molecule has 0 unspecified atom stereocenters. The summed E-state index contributed by atoms with van der Waals surface area (Å²) < 4.78 is 20.5. The summed E-state index contributed by atoms with van der Waals surface area (Å²) in [6.45, 7) is 1.87. The number of nitrogens with zero attached hydrogens (tertiary/aromatic N) is 2. The quantitative estimate of drug-likeness (QED) is 0.506. The molecular formula is C21H13FN2O3S. The van der Waals surface area contributed by atoms with Crippen LogP contribution in [0.3, 0.4) is 0 Å². The van der Waals surface area contributed by atoms with E-state index in [0.717, 1.165) is 5.56 Å². The van der Waals surface area contributed by atoms with E-state index in [9.17, 15) is 14.0 Å². The van der Waals surface area contributed by atoms with Gasteiger partial charge in [0.1, 0.15) is 17.4 Å². The number of amides is 1. The van der Waals surface area contributed by atoms with E-state index < -0.39 is 17.8 Å². The number of aryl methyl sites for hydroxylation is 1. The highest BCUT2D eigenvalue weighted by atomic mass is 32.1. The largest absolute Gasteiger partial charge is 0.450 e. The minimum absolute atomic E-state index is 0.0650. The van der Waals surface area contributed by atoms with Gasteiger partial charge in [0.15, 0.2) is 10.6 Å². The Hall–Kier alpha value is -3.32. The number of halogens is 1. The van der Waals surface area contributed by atoms with E-state index in [4.69, 9.17) is 4.42 Å². The van der Waals surface area contributed by atoms with Crippen molar-refractivity contribution in [3.63, 3.8) is 0 Å². The van der Waals surface area contributed by atoms with Gasteiger partial charge in [-0.25, -0.2) is 9.37 Å². The summed E-state index contributed by atoms with van der Waals surface area (Å²) in [5, 5.41) is 2.47. The van der Waals surface area contributed by atoms with Crippen LogP contribution in [0.1, 0.15) is 33.3 Å². The molecule has 0 saturated heterocycles. The van der Waals surface area contributed by atoms with Crippen molar-refractivity contribution in [2.45, 2.75) is 13.0 Å². The Morgan fingerprint density at radius 1 is 1.18 bits per heavy atom. The molecule has 0 saturated carbocycles. The zero-order valence-corrected chi connectivity index (χ0v) is 15.5. The van der Waals surface area contributed by atoms with E-state index in [1.165, 1.54) is 22.3 Å². The van der Waals surface area contributed by atoms with Gasteiger partial charge in [0.2, 0.25) is 5.76 Å². The van der Waals surface area contributed by atoms with Crippen LogP contribution in [-0.2, 0) is 0 Å². The number of hydrogen-bond acceptors (Lipinski definition) is 5. The van der Waals surface area contributed by atoms with E-state index >= 15 is 0 Å². The fourth-order valence-electron chi connectivity index (χ4n) is 3.61. The number of anilines is 1. The van der Waals surface area contributed by atoms with Crippen molar-refractivity contribution >= 4 is 33.3 Å². The van der Waals surface area contributed by atoms with Gasteiger partial charge < -0.3 is 4.42 Å². The molecule has 2 aromatic carbocycles. The molecule has 0 bridgehead atoms. The number of thiazole rings is 1. The van der Waals surface area contributed by atoms with Gasteiger partial charge in [-0.2, -0.15) is 0 Å². The van der Waals surface area contributed by atoms with Gasteiger partial charge in [0, 0.05) is 17.1 Å². The summed E-state index contributed by atoms with van der Waals surface area (Å²) in [7, 11) is 0. The van der Waals surface area contributed by atoms with Crippen LogP contribution in [0.15, 0.2) is 63.3 Å². The number of hydrogen-bond donors (Lipinski definition) is 0. The van der Waals surface area contributed by atoms with Crippen LogP contribution in [-0.4, -0.2) is 10.9 Å². The van der Waals surface area contributed by atoms with Crippen molar-refractivity contribution in [2.75, 3.05) is 4.90 Å². The second kappa shape index (κ2) is 6.10. The van der Waals surface area contributed by atoms with Gasteiger partial charge in [-0.15, -0.1) is 11.3 Å². The predicted octanol–water partition coefficient (Wildman–Crippen LogP) is 4.45. The highest BCUT2D eigenvalue weighted by molar-refractivity contribution is 7.13. The van der Waals surface area contributed by atoms with Crippen LogP contribution in [0, 0.1) is 12.7 Å². The van der Waals surface area contributed by atoms with Crippen molar-refractivity contribution in [1.82, 2.24) is 4.98 Å². The third kappa shape index (κ3) is 2.33. The maximum Gasteiger partial charge on any atom is 0.297 e. The molecule has 0 radical (unpaired) electrons. The molecule has 7 heteroatoms. The zero-order chi connectivity index (χ0) is 19.4. The Balaban J connectivity index is 1.87. The van der Waals surface area contributed by atoms with E-state index in [-0.39, 0.29) is 22.3 Å². The number of carbonyl (C=O) groups is 1. The number of rotatable bonds is 2. The van der Waals surface area contributed by atoms with Crippen LogP contribution in [0.25, 0.3) is 11.0 Å². The monoisotopic (exact) mass is 392 g/mol. The van der Waals surface area contributed by atoms with Crippen molar-refractivity contribution in [2.24, 2.45) is 0 Å². The molecule has 0 aliphatic carbocycles. The summed E-state index contributed by atoms with van der Waals surface area (Å²) in [5.41, 5.74) is 1.26. The molecule has 1 amide bonds. The number of aromatic nitrogens is 1. The van der Waals surface area contributed by atoms with Gasteiger partial charge in [0.05, 0.1) is 10.9 Å². The number of carbonyl (C=O) groups excluding carboxylic acids is 1. The molecule has 5 rings (SSSR count). The third-order valence-electron chi connectivity index (χ3n) is 4.85. The molecule has 1 aliphatic heterocycles. The smallest absolute Gasteiger partial charge is 0.297 e. The van der Waals surface area contributed by atoms with Crippen molar-refractivity contribution in [3.05, 3.63) is 92.5 Å². The highest BCUT2D eigenvalue weighted by Gasteiger charge is 2.45. The lowest BCUT2D eigenvalue weighted by molar-refractivity contribution is 0.0970. The van der Waals surface area contributed by atoms with E-state index in [1.54, 1.807) is 41.9 Å². The van der Waals surface area contributed by atoms with Gasteiger partial charge in [-0.3, -0.25) is 14.5 Å². The van der Waals surface area contributed by atoms with Gasteiger partial charge in [-0.1, -0.05) is 29.8 Å². The number of fused-ring (bicyclic) bond motifs is 2. The van der Waals surface area contributed by atoms with Crippen LogP contribution in [0.5, 0.6) is 0 Å². The molecule has 4 aromatic rings. The number of benzene rings is 2. The van der Waals surface area contributed by atoms with Crippen LogP contribution >= 0.6 is 11.3 Å². The summed E-state index contributed by atoms with van der Waals surface area (Å²) in [6, 6.07) is 10.4. The van der Waals surface area contributed by atoms with Crippen molar-refractivity contribution < 1.29 is 13.6 Å². The topological polar surface area (TPSA) is 63.4 Å². The Labute approximate surface area is 162 Å². The molecular weight excluding hydrogens is 379 g/mol. The Morgan fingerprint density at radius 2 is 2.00 bits per heavy atom. The van der Waals surface area contributed by atoms with Crippen molar-refractivity contribution in [1.29, 1.82) is 0 Å². The van der Waals surface area contributed by atoms with Gasteiger partial charge in [-0.05, 0) is 25.1 Å². The first-order chi connectivity index (χ1) is 13.6. The normalized spacial score (nSPS) is 16.0. The molecule has 138 valence electrons. The maximum atomic E-state index is 14.7. The van der Waals surface area contributed by atoms with Gasteiger partial charge in [0.25, 0.3) is 5.91 Å². The molecule has 2 aromatic heterocycles. The predicted molar refractivity (Wildman–Crippen MR) is 104 cm³/mol. The first-order valence-electron chi connectivity index (χ1n) is 8.61. The summed E-state index contributed by atoms with van der Waals surface area (Å²) in [6.07, 6.45) is 1.56.